The molecule has 0 aromatic heterocycles. The minimum absolute atomic E-state index is 0.0813. The molecule has 0 aliphatic rings. The quantitative estimate of drug-likeness (QED) is 0.861. The highest BCUT2D eigenvalue weighted by Gasteiger charge is 2.06. The Balaban J connectivity index is 2.13. The average molecular weight is 300 g/mol. The van der Waals surface area contributed by atoms with Crippen molar-refractivity contribution < 1.29 is 4.74 Å². The van der Waals surface area contributed by atoms with Crippen molar-refractivity contribution in [3.63, 3.8) is 0 Å². The van der Waals surface area contributed by atoms with Crippen LogP contribution in [-0.4, -0.2) is 0 Å². The summed E-state index contributed by atoms with van der Waals surface area (Å²) in [5, 5.41) is 29.3. The van der Waals surface area contributed by atoms with Crippen LogP contribution in [0.2, 0.25) is 0 Å². The van der Waals surface area contributed by atoms with Crippen LogP contribution in [0.3, 0.4) is 0 Å². The molecule has 0 amide bonds. The van der Waals surface area contributed by atoms with Crippen molar-refractivity contribution in [1.29, 1.82) is 15.8 Å². The van der Waals surface area contributed by atoms with Gasteiger partial charge in [-0.15, -0.1) is 0 Å². The third-order valence-electron chi connectivity index (χ3n) is 2.97. The minimum Gasteiger partial charge on any atom is -0.457 e. The normalized spacial score (nSPS) is 8.96. The molecule has 5 heteroatoms. The lowest BCUT2D eigenvalue weighted by atomic mass is 10.2. The van der Waals surface area contributed by atoms with Crippen LogP contribution in [0.1, 0.15) is 5.56 Å². The van der Waals surface area contributed by atoms with E-state index in [1.165, 1.54) is 0 Å². The van der Waals surface area contributed by atoms with Gasteiger partial charge < -0.3 is 10.1 Å². The molecular weight excluding hydrogens is 288 g/mol. The smallest absolute Gasteiger partial charge is 0.163 e. The Labute approximate surface area is 134 Å². The highest BCUT2D eigenvalue weighted by molar-refractivity contribution is 5.59. The number of nitrogens with zero attached hydrogens (tertiary/aromatic N) is 3. The van der Waals surface area contributed by atoms with E-state index in [1.807, 2.05) is 31.2 Å². The van der Waals surface area contributed by atoms with E-state index >= 15 is 0 Å². The van der Waals surface area contributed by atoms with Gasteiger partial charge >= 0.3 is 0 Å². The van der Waals surface area contributed by atoms with Crippen molar-refractivity contribution in [2.24, 2.45) is 0 Å². The summed E-state index contributed by atoms with van der Waals surface area (Å²) < 4.78 is 5.70. The van der Waals surface area contributed by atoms with Gasteiger partial charge in [0.25, 0.3) is 0 Å². The van der Waals surface area contributed by atoms with Gasteiger partial charge in [0.05, 0.1) is 0 Å². The Morgan fingerprint density at radius 2 is 1.35 bits per heavy atom. The summed E-state index contributed by atoms with van der Waals surface area (Å²) in [6.07, 6.45) is 0. The molecule has 1 N–H and O–H groups in total. The Bertz CT molecular complexity index is 828. The lowest BCUT2D eigenvalue weighted by Gasteiger charge is -2.08. The fraction of sp³-hybridized carbons (Fsp3) is 0.0556. The number of ether oxygens (including phenoxy) is 1. The molecule has 23 heavy (non-hydrogen) atoms. The first-order chi connectivity index (χ1) is 11.2. The van der Waals surface area contributed by atoms with Crippen molar-refractivity contribution in [2.45, 2.75) is 6.92 Å². The SMILES string of the molecule is Cc1ccc(Oc2ccc(NC(C#N)=C(C#N)C#N)cc2)cc1. The maximum absolute atomic E-state index is 8.99. The van der Waals surface area contributed by atoms with E-state index in [0.717, 1.165) is 11.3 Å². The maximum atomic E-state index is 8.99. The van der Waals surface area contributed by atoms with Crippen molar-refractivity contribution >= 4 is 5.69 Å². The molecule has 0 unspecified atom stereocenters. The van der Waals surface area contributed by atoms with Gasteiger partial charge in [-0.3, -0.25) is 0 Å². The first-order valence-corrected chi connectivity index (χ1v) is 6.72. The van der Waals surface area contributed by atoms with Crippen LogP contribution in [0, 0.1) is 40.9 Å². The summed E-state index contributed by atoms with van der Waals surface area (Å²) in [5.74, 6) is 1.37. The van der Waals surface area contributed by atoms with E-state index in [2.05, 4.69) is 5.32 Å². The van der Waals surface area contributed by atoms with E-state index in [0.29, 0.717) is 11.4 Å². The van der Waals surface area contributed by atoms with Gasteiger partial charge in [0.15, 0.2) is 5.57 Å². The van der Waals surface area contributed by atoms with Gasteiger partial charge in [-0.25, -0.2) is 0 Å². The van der Waals surface area contributed by atoms with E-state index in [9.17, 15) is 0 Å². The number of benzene rings is 2. The van der Waals surface area contributed by atoms with E-state index in [-0.39, 0.29) is 11.3 Å². The lowest BCUT2D eigenvalue weighted by molar-refractivity contribution is 0.482. The van der Waals surface area contributed by atoms with Gasteiger partial charge in [-0.1, -0.05) is 17.7 Å². The van der Waals surface area contributed by atoms with E-state index < -0.39 is 0 Å². The molecule has 2 rings (SSSR count). The highest BCUT2D eigenvalue weighted by atomic mass is 16.5. The number of hydrogen-bond donors (Lipinski definition) is 1. The Kier molecular flexibility index (Phi) is 4.97. The van der Waals surface area contributed by atoms with Crippen LogP contribution < -0.4 is 10.1 Å². The monoisotopic (exact) mass is 300 g/mol. The fourth-order valence-corrected chi connectivity index (χ4v) is 1.78. The number of hydrogen-bond acceptors (Lipinski definition) is 5. The summed E-state index contributed by atoms with van der Waals surface area (Å²) in [6.45, 7) is 2.00. The minimum atomic E-state index is -0.257. The van der Waals surface area contributed by atoms with Crippen molar-refractivity contribution in [2.75, 3.05) is 5.32 Å². The van der Waals surface area contributed by atoms with Gasteiger partial charge in [0, 0.05) is 5.69 Å². The molecule has 0 heterocycles. The molecule has 0 spiro atoms. The van der Waals surface area contributed by atoms with Crippen LogP contribution in [0.5, 0.6) is 11.5 Å². The molecule has 0 saturated heterocycles. The zero-order valence-electron chi connectivity index (χ0n) is 12.4. The van der Waals surface area contributed by atoms with E-state index in [1.54, 1.807) is 42.5 Å². The van der Waals surface area contributed by atoms with Crippen LogP contribution in [0.25, 0.3) is 0 Å². The number of allylic oxidation sites excluding steroid dienone is 2. The summed E-state index contributed by atoms with van der Waals surface area (Å²) in [4.78, 5) is 0. The third-order valence-corrected chi connectivity index (χ3v) is 2.97. The van der Waals surface area contributed by atoms with Crippen LogP contribution >= 0.6 is 0 Å². The fourth-order valence-electron chi connectivity index (χ4n) is 1.78. The molecule has 0 bridgehead atoms. The molecule has 2 aromatic carbocycles. The number of rotatable bonds is 4. The second kappa shape index (κ2) is 7.31. The van der Waals surface area contributed by atoms with Crippen LogP contribution in [0.4, 0.5) is 5.69 Å². The predicted molar refractivity (Wildman–Crippen MR) is 85.2 cm³/mol. The average Bonchev–Trinajstić information content (AvgIpc) is 2.58. The van der Waals surface area contributed by atoms with E-state index in [4.69, 9.17) is 20.5 Å². The Morgan fingerprint density at radius 3 is 1.83 bits per heavy atom. The van der Waals surface area contributed by atoms with Crippen LogP contribution in [-0.2, 0) is 0 Å². The van der Waals surface area contributed by atoms with Gasteiger partial charge in [0.2, 0.25) is 0 Å². The second-order valence-electron chi connectivity index (χ2n) is 4.65. The maximum Gasteiger partial charge on any atom is 0.163 e. The standard InChI is InChI=1S/C18H12N4O/c1-13-2-6-16(7-3-13)23-17-8-4-15(5-9-17)22-18(12-21)14(10-19)11-20/h2-9,22H,1H3. The lowest BCUT2D eigenvalue weighted by Crippen LogP contribution is -2.00. The van der Waals surface area contributed by atoms with Crippen LogP contribution in [0.15, 0.2) is 59.8 Å². The first-order valence-electron chi connectivity index (χ1n) is 6.72. The zero-order valence-corrected chi connectivity index (χ0v) is 12.4. The summed E-state index contributed by atoms with van der Waals surface area (Å²) in [6, 6.07) is 19.7. The predicted octanol–water partition coefficient (Wildman–Crippen LogP) is 4.02. The molecule has 0 fully saturated rings. The molecule has 5 nitrogen and oxygen atoms in total. The van der Waals surface area contributed by atoms with Gasteiger partial charge in [-0.2, -0.15) is 15.8 Å². The van der Waals surface area contributed by atoms with Gasteiger partial charge in [-0.05, 0) is 43.3 Å². The highest BCUT2D eigenvalue weighted by Crippen LogP contribution is 2.24. The summed E-state index contributed by atoms with van der Waals surface area (Å²) in [7, 11) is 0. The topological polar surface area (TPSA) is 92.6 Å². The molecule has 0 atom stereocenters. The molecule has 0 radical (unpaired) electrons. The molecule has 0 saturated carbocycles. The molecule has 2 aromatic rings. The zero-order chi connectivity index (χ0) is 16.7. The first kappa shape index (κ1) is 15.6. The number of nitriles is 3. The third kappa shape index (κ3) is 4.11. The summed E-state index contributed by atoms with van der Waals surface area (Å²) in [5.41, 5.74) is 1.40. The molecule has 0 aliphatic carbocycles. The summed E-state index contributed by atoms with van der Waals surface area (Å²) >= 11 is 0. The number of anilines is 1. The molecule has 110 valence electrons. The number of aryl methyl sites for hydroxylation is 1. The molecular formula is C18H12N4O. The Hall–Kier alpha value is -3.75. The molecule has 0 aliphatic heterocycles. The number of nitrogens with one attached hydrogen (secondary N) is 1. The second-order valence-corrected chi connectivity index (χ2v) is 4.65. The van der Waals surface area contributed by atoms with Crippen molar-refractivity contribution in [3.8, 4) is 29.7 Å². The van der Waals surface area contributed by atoms with Crippen molar-refractivity contribution in [1.82, 2.24) is 0 Å². The van der Waals surface area contributed by atoms with Crippen molar-refractivity contribution in [3.05, 3.63) is 65.4 Å². The largest absolute Gasteiger partial charge is 0.457 e. The Morgan fingerprint density at radius 1 is 0.826 bits per heavy atom. The van der Waals surface area contributed by atoms with Gasteiger partial charge in [0.1, 0.15) is 35.4 Å².